The van der Waals surface area contributed by atoms with Crippen molar-refractivity contribution in [2.45, 2.75) is 6.54 Å². The van der Waals surface area contributed by atoms with Crippen LogP contribution in [0, 0.1) is 0 Å². The molecule has 3 aromatic rings. The Labute approximate surface area is 160 Å². The van der Waals surface area contributed by atoms with Crippen molar-refractivity contribution < 1.29 is 14.4 Å². The molecule has 0 unspecified atom stereocenters. The zero-order valence-corrected chi connectivity index (χ0v) is 15.4. The summed E-state index contributed by atoms with van der Waals surface area (Å²) in [5.41, 5.74) is 0.909. The topological polar surface area (TPSA) is 100 Å². The standard InChI is InChI=1S/C19H18N6O3/c1-23-9-15(26)17-18(24(2)19(23)28)21-11-25(17)10-16(27)22-14-5-3-4-12-8-20-7-6-13(12)14/h3-8,11H,9-10H2,1-2H3,(H,22,27). The molecule has 28 heavy (non-hydrogen) atoms. The second kappa shape index (κ2) is 6.76. The summed E-state index contributed by atoms with van der Waals surface area (Å²) in [6, 6.07) is 7.06. The van der Waals surface area contributed by atoms with Gasteiger partial charge in [0.1, 0.15) is 12.2 Å². The SMILES string of the molecule is CN1CC(=O)c2c(ncn2CC(=O)Nc2cccc3cnccc23)N(C)C1=O. The van der Waals surface area contributed by atoms with Gasteiger partial charge in [-0.1, -0.05) is 12.1 Å². The predicted octanol–water partition coefficient (Wildman–Crippen LogP) is 1.75. The van der Waals surface area contributed by atoms with E-state index in [0.29, 0.717) is 5.69 Å². The monoisotopic (exact) mass is 378 g/mol. The highest BCUT2D eigenvalue weighted by molar-refractivity contribution is 6.09. The number of carbonyl (C=O) groups excluding carboxylic acids is 3. The molecule has 1 aromatic carbocycles. The van der Waals surface area contributed by atoms with Crippen molar-refractivity contribution in [1.82, 2.24) is 19.4 Å². The lowest BCUT2D eigenvalue weighted by Crippen LogP contribution is -2.38. The quantitative estimate of drug-likeness (QED) is 0.748. The summed E-state index contributed by atoms with van der Waals surface area (Å²) >= 11 is 0. The van der Waals surface area contributed by atoms with Gasteiger partial charge < -0.3 is 14.8 Å². The second-order valence-electron chi connectivity index (χ2n) is 6.62. The van der Waals surface area contributed by atoms with Crippen LogP contribution in [0.5, 0.6) is 0 Å². The Morgan fingerprint density at radius 3 is 2.86 bits per heavy atom. The Bertz CT molecular complexity index is 1100. The van der Waals surface area contributed by atoms with Crippen LogP contribution >= 0.6 is 0 Å². The molecule has 3 heterocycles. The van der Waals surface area contributed by atoms with Gasteiger partial charge in [0.2, 0.25) is 11.7 Å². The maximum Gasteiger partial charge on any atom is 0.325 e. The van der Waals surface area contributed by atoms with Crippen LogP contribution in [0.1, 0.15) is 10.5 Å². The van der Waals surface area contributed by atoms with E-state index in [2.05, 4.69) is 15.3 Å². The minimum absolute atomic E-state index is 0.0696. The highest BCUT2D eigenvalue weighted by atomic mass is 16.2. The van der Waals surface area contributed by atoms with Gasteiger partial charge in [-0.15, -0.1) is 0 Å². The lowest BCUT2D eigenvalue weighted by Gasteiger charge is -2.18. The molecule has 2 aromatic heterocycles. The largest absolute Gasteiger partial charge is 0.325 e. The summed E-state index contributed by atoms with van der Waals surface area (Å²) in [4.78, 5) is 48.3. The van der Waals surface area contributed by atoms with E-state index < -0.39 is 0 Å². The van der Waals surface area contributed by atoms with Gasteiger partial charge in [-0.2, -0.15) is 0 Å². The third-order valence-electron chi connectivity index (χ3n) is 4.66. The molecule has 9 heteroatoms. The number of Topliss-reactive ketones (excluding diaryl/α,β-unsaturated/α-hetero) is 1. The number of ketones is 1. The van der Waals surface area contributed by atoms with Gasteiger partial charge in [-0.3, -0.25) is 19.5 Å². The van der Waals surface area contributed by atoms with Crippen molar-refractivity contribution in [3.8, 4) is 0 Å². The van der Waals surface area contributed by atoms with Crippen LogP contribution in [0.2, 0.25) is 0 Å². The molecule has 4 rings (SSSR count). The number of nitrogens with zero attached hydrogens (tertiary/aromatic N) is 5. The summed E-state index contributed by atoms with van der Waals surface area (Å²) in [6.45, 7) is -0.166. The van der Waals surface area contributed by atoms with Gasteiger partial charge in [0.05, 0.1) is 12.9 Å². The van der Waals surface area contributed by atoms with Gasteiger partial charge in [0, 0.05) is 42.9 Å². The Morgan fingerprint density at radius 2 is 2.04 bits per heavy atom. The van der Waals surface area contributed by atoms with Crippen molar-refractivity contribution in [1.29, 1.82) is 0 Å². The highest BCUT2D eigenvalue weighted by Gasteiger charge is 2.32. The number of likely N-dealkylation sites (N-methyl/N-ethyl adjacent to an activating group) is 1. The Kier molecular flexibility index (Phi) is 4.26. The molecule has 0 radical (unpaired) electrons. The molecule has 142 valence electrons. The molecule has 0 bridgehead atoms. The number of benzene rings is 1. The Morgan fingerprint density at radius 1 is 1.21 bits per heavy atom. The number of imidazole rings is 1. The molecule has 1 aliphatic rings. The summed E-state index contributed by atoms with van der Waals surface area (Å²) in [7, 11) is 3.10. The predicted molar refractivity (Wildman–Crippen MR) is 103 cm³/mol. The third-order valence-corrected chi connectivity index (χ3v) is 4.66. The third kappa shape index (κ3) is 2.96. The minimum Gasteiger partial charge on any atom is -0.324 e. The number of nitrogens with one attached hydrogen (secondary N) is 1. The number of hydrogen-bond donors (Lipinski definition) is 1. The normalized spacial score (nSPS) is 14.2. The summed E-state index contributed by atoms with van der Waals surface area (Å²) in [6.07, 6.45) is 4.79. The number of fused-ring (bicyclic) bond motifs is 2. The van der Waals surface area contributed by atoms with Gasteiger partial charge >= 0.3 is 6.03 Å². The van der Waals surface area contributed by atoms with Crippen LogP contribution in [0.3, 0.4) is 0 Å². The maximum atomic E-state index is 12.6. The molecule has 1 aliphatic heterocycles. The molecule has 3 amide bonds. The first-order valence-electron chi connectivity index (χ1n) is 8.65. The maximum absolute atomic E-state index is 12.6. The number of pyridine rings is 1. The summed E-state index contributed by atoms with van der Waals surface area (Å²) in [5, 5.41) is 4.66. The van der Waals surface area contributed by atoms with E-state index in [0.717, 1.165) is 10.8 Å². The molecule has 0 fully saturated rings. The van der Waals surface area contributed by atoms with Crippen molar-refractivity contribution in [2.75, 3.05) is 30.9 Å². The number of amides is 3. The molecule has 0 saturated heterocycles. The number of hydrogen-bond acceptors (Lipinski definition) is 5. The fourth-order valence-electron chi connectivity index (χ4n) is 3.30. The van der Waals surface area contributed by atoms with Crippen molar-refractivity contribution in [3.63, 3.8) is 0 Å². The number of aromatic nitrogens is 3. The van der Waals surface area contributed by atoms with Crippen molar-refractivity contribution in [2.24, 2.45) is 0 Å². The van der Waals surface area contributed by atoms with E-state index in [-0.39, 0.29) is 42.3 Å². The van der Waals surface area contributed by atoms with Gasteiger partial charge in [0.25, 0.3) is 0 Å². The van der Waals surface area contributed by atoms with Crippen LogP contribution in [0.15, 0.2) is 43.0 Å². The van der Waals surface area contributed by atoms with Crippen LogP contribution in [0.4, 0.5) is 16.3 Å². The van der Waals surface area contributed by atoms with E-state index in [1.54, 1.807) is 32.6 Å². The molecule has 0 atom stereocenters. The second-order valence-corrected chi connectivity index (χ2v) is 6.62. The Hall–Kier alpha value is -3.75. The highest BCUT2D eigenvalue weighted by Crippen LogP contribution is 2.24. The first-order chi connectivity index (χ1) is 13.5. The zero-order valence-electron chi connectivity index (χ0n) is 15.4. The summed E-state index contributed by atoms with van der Waals surface area (Å²) < 4.78 is 1.47. The van der Waals surface area contributed by atoms with Gasteiger partial charge in [-0.05, 0) is 12.1 Å². The Balaban J connectivity index is 1.60. The van der Waals surface area contributed by atoms with Gasteiger partial charge in [-0.25, -0.2) is 9.78 Å². The van der Waals surface area contributed by atoms with E-state index in [1.807, 2.05) is 18.2 Å². The lowest BCUT2D eigenvalue weighted by atomic mass is 10.1. The van der Waals surface area contributed by atoms with Crippen LogP contribution in [-0.2, 0) is 11.3 Å². The van der Waals surface area contributed by atoms with Crippen molar-refractivity contribution >= 4 is 40.0 Å². The lowest BCUT2D eigenvalue weighted by molar-refractivity contribution is -0.116. The van der Waals surface area contributed by atoms with E-state index >= 15 is 0 Å². The average Bonchev–Trinajstić information content (AvgIpc) is 3.07. The molecule has 0 spiro atoms. The molecule has 0 aliphatic carbocycles. The van der Waals surface area contributed by atoms with Crippen LogP contribution in [0.25, 0.3) is 10.8 Å². The van der Waals surface area contributed by atoms with Crippen LogP contribution < -0.4 is 10.2 Å². The number of rotatable bonds is 3. The smallest absolute Gasteiger partial charge is 0.324 e. The van der Waals surface area contributed by atoms with E-state index in [9.17, 15) is 14.4 Å². The zero-order chi connectivity index (χ0) is 19.8. The summed E-state index contributed by atoms with van der Waals surface area (Å²) in [5.74, 6) is -0.316. The minimum atomic E-state index is -0.328. The molecule has 1 N–H and O–H groups in total. The molecular formula is C19H18N6O3. The first kappa shape index (κ1) is 17.7. The number of carbonyl (C=O) groups is 3. The van der Waals surface area contributed by atoms with E-state index in [1.165, 1.54) is 20.7 Å². The van der Waals surface area contributed by atoms with E-state index in [4.69, 9.17) is 0 Å². The fourth-order valence-corrected chi connectivity index (χ4v) is 3.30. The average molecular weight is 378 g/mol. The van der Waals surface area contributed by atoms with Crippen molar-refractivity contribution in [3.05, 3.63) is 48.7 Å². The molecule has 9 nitrogen and oxygen atoms in total. The van der Waals surface area contributed by atoms with Crippen LogP contribution in [-0.4, -0.2) is 57.8 Å². The first-order valence-corrected chi connectivity index (χ1v) is 8.65. The fraction of sp³-hybridized carbons (Fsp3) is 0.211. The molecular weight excluding hydrogens is 360 g/mol. The molecule has 0 saturated carbocycles. The number of anilines is 2. The number of urea groups is 1. The van der Waals surface area contributed by atoms with Gasteiger partial charge in [0.15, 0.2) is 5.82 Å².